The molecule has 0 fully saturated rings. The zero-order valence-corrected chi connectivity index (χ0v) is 12.1. The van der Waals surface area contributed by atoms with Crippen LogP contribution in [0.4, 0.5) is 0 Å². The smallest absolute Gasteiger partial charge is 0.308 e. The van der Waals surface area contributed by atoms with Gasteiger partial charge in [-0.25, -0.2) is 0 Å². The molecule has 0 aliphatic rings. The van der Waals surface area contributed by atoms with Crippen LogP contribution in [0.25, 0.3) is 11.3 Å². The summed E-state index contributed by atoms with van der Waals surface area (Å²) < 4.78 is 1.78. The van der Waals surface area contributed by atoms with E-state index < -0.39 is 0 Å². The summed E-state index contributed by atoms with van der Waals surface area (Å²) in [4.78, 5) is 12.0. The average molecular weight is 285 g/mol. The number of hydrogen-bond donors (Lipinski definition) is 1. The summed E-state index contributed by atoms with van der Waals surface area (Å²) in [6, 6.07) is 9.91. The monoisotopic (exact) mass is 284 g/mol. The second kappa shape index (κ2) is 5.69. The highest BCUT2D eigenvalue weighted by atomic mass is 35.5. The van der Waals surface area contributed by atoms with Crippen molar-refractivity contribution in [2.24, 2.45) is 5.73 Å². The Morgan fingerprint density at radius 1 is 1.28 bits per heavy atom. The summed E-state index contributed by atoms with van der Waals surface area (Å²) in [7, 11) is 0. The molecule has 0 amide bonds. The highest BCUT2D eigenvalue weighted by Gasteiger charge is 2.24. The molecule has 0 aliphatic heterocycles. The Hall–Kier alpha value is -1.10. The predicted molar refractivity (Wildman–Crippen MR) is 79.6 cm³/mol. The van der Waals surface area contributed by atoms with Crippen molar-refractivity contribution in [3.05, 3.63) is 45.4 Å². The van der Waals surface area contributed by atoms with Crippen LogP contribution in [0.2, 0.25) is 0 Å². The van der Waals surface area contributed by atoms with Crippen molar-refractivity contribution >= 4 is 23.7 Å². The van der Waals surface area contributed by atoms with Crippen molar-refractivity contribution < 1.29 is 0 Å². The van der Waals surface area contributed by atoms with E-state index >= 15 is 0 Å². The quantitative estimate of drug-likeness (QED) is 0.942. The summed E-state index contributed by atoms with van der Waals surface area (Å²) in [5.74, 6) is 0. The molecule has 0 unspecified atom stereocenters. The number of aromatic nitrogens is 1. The number of halogens is 1. The molecule has 0 saturated carbocycles. The fourth-order valence-corrected chi connectivity index (χ4v) is 2.69. The molecule has 3 nitrogen and oxygen atoms in total. The fourth-order valence-electron chi connectivity index (χ4n) is 1.78. The van der Waals surface area contributed by atoms with E-state index in [-0.39, 0.29) is 22.8 Å². The molecule has 0 aliphatic carbocycles. The normalized spacial score (nSPS) is 11.1. The van der Waals surface area contributed by atoms with E-state index in [0.29, 0.717) is 6.54 Å². The largest absolute Gasteiger partial charge is 0.328 e. The van der Waals surface area contributed by atoms with Gasteiger partial charge >= 0.3 is 4.87 Å². The molecule has 1 heterocycles. The van der Waals surface area contributed by atoms with Crippen LogP contribution in [0.5, 0.6) is 0 Å². The van der Waals surface area contributed by atoms with Gasteiger partial charge in [-0.1, -0.05) is 41.7 Å². The minimum Gasteiger partial charge on any atom is -0.328 e. The maximum absolute atomic E-state index is 11.9. The zero-order valence-electron chi connectivity index (χ0n) is 10.4. The van der Waals surface area contributed by atoms with E-state index in [1.807, 2.05) is 49.6 Å². The number of benzene rings is 1. The first-order valence-electron chi connectivity index (χ1n) is 5.53. The van der Waals surface area contributed by atoms with Crippen molar-refractivity contribution in [1.29, 1.82) is 0 Å². The van der Waals surface area contributed by atoms with Gasteiger partial charge in [-0.2, -0.15) is 0 Å². The highest BCUT2D eigenvalue weighted by molar-refractivity contribution is 7.07. The molecule has 0 atom stereocenters. The Bertz CT molecular complexity index is 560. The summed E-state index contributed by atoms with van der Waals surface area (Å²) in [6.07, 6.45) is 0. The first kappa shape index (κ1) is 15.0. The lowest BCUT2D eigenvalue weighted by Gasteiger charge is -2.26. The van der Waals surface area contributed by atoms with Gasteiger partial charge < -0.3 is 5.73 Å². The predicted octanol–water partition coefficient (Wildman–Crippen LogP) is 2.69. The van der Waals surface area contributed by atoms with E-state index in [1.54, 1.807) is 4.57 Å². The Kier molecular flexibility index (Phi) is 4.73. The van der Waals surface area contributed by atoms with Crippen LogP contribution < -0.4 is 10.6 Å². The standard InChI is InChI=1S/C13H16N2OS.ClH/c1-13(2,9-14)15-11(8-17-12(15)16)10-6-4-3-5-7-10;/h3-8H,9,14H2,1-2H3;1H. The summed E-state index contributed by atoms with van der Waals surface area (Å²) >= 11 is 1.22. The van der Waals surface area contributed by atoms with Gasteiger partial charge in [-0.3, -0.25) is 9.36 Å². The second-order valence-electron chi connectivity index (χ2n) is 4.60. The van der Waals surface area contributed by atoms with Crippen LogP contribution in [0.15, 0.2) is 40.5 Å². The molecule has 1 aromatic carbocycles. The number of nitrogens with zero attached hydrogens (tertiary/aromatic N) is 1. The molecule has 2 rings (SSSR count). The van der Waals surface area contributed by atoms with Gasteiger partial charge in [0.15, 0.2) is 0 Å². The third-order valence-corrected chi connectivity index (χ3v) is 3.59. The van der Waals surface area contributed by atoms with Crippen molar-refractivity contribution in [1.82, 2.24) is 4.57 Å². The van der Waals surface area contributed by atoms with E-state index in [9.17, 15) is 4.79 Å². The van der Waals surface area contributed by atoms with Gasteiger partial charge in [-0.15, -0.1) is 12.4 Å². The molecule has 2 N–H and O–H groups in total. The summed E-state index contributed by atoms with van der Waals surface area (Å²) in [6.45, 7) is 4.39. The van der Waals surface area contributed by atoms with Crippen LogP contribution in [-0.2, 0) is 5.54 Å². The number of nitrogens with two attached hydrogens (primary N) is 1. The summed E-state index contributed by atoms with van der Waals surface area (Å²) in [5.41, 5.74) is 7.39. The SMILES string of the molecule is CC(C)(CN)n1c(-c2ccccc2)csc1=O.Cl. The maximum atomic E-state index is 11.9. The first-order chi connectivity index (χ1) is 8.06. The Morgan fingerprint density at radius 3 is 2.44 bits per heavy atom. The van der Waals surface area contributed by atoms with Gasteiger partial charge in [-0.05, 0) is 19.4 Å². The van der Waals surface area contributed by atoms with Crippen LogP contribution in [0.1, 0.15) is 13.8 Å². The highest BCUT2D eigenvalue weighted by Crippen LogP contribution is 2.25. The van der Waals surface area contributed by atoms with Gasteiger partial charge in [0.05, 0.1) is 11.2 Å². The van der Waals surface area contributed by atoms with Crippen LogP contribution >= 0.6 is 23.7 Å². The number of rotatable bonds is 3. The lowest BCUT2D eigenvalue weighted by molar-refractivity contribution is 0.365. The molecule has 0 spiro atoms. The van der Waals surface area contributed by atoms with Crippen LogP contribution in [-0.4, -0.2) is 11.1 Å². The molecule has 0 saturated heterocycles. The van der Waals surface area contributed by atoms with E-state index in [0.717, 1.165) is 11.3 Å². The zero-order chi connectivity index (χ0) is 12.5. The minimum atomic E-state index is -0.359. The lowest BCUT2D eigenvalue weighted by atomic mass is 10.0. The third kappa shape index (κ3) is 2.66. The van der Waals surface area contributed by atoms with E-state index in [1.165, 1.54) is 11.3 Å². The van der Waals surface area contributed by atoms with Crippen molar-refractivity contribution in [2.45, 2.75) is 19.4 Å². The fraction of sp³-hybridized carbons (Fsp3) is 0.308. The molecule has 0 radical (unpaired) electrons. The Morgan fingerprint density at radius 2 is 1.89 bits per heavy atom. The molecule has 0 bridgehead atoms. The number of thiazole rings is 1. The first-order valence-corrected chi connectivity index (χ1v) is 6.41. The molecule has 1 aromatic heterocycles. The second-order valence-corrected chi connectivity index (χ2v) is 5.43. The van der Waals surface area contributed by atoms with Crippen LogP contribution in [0, 0.1) is 0 Å². The molecule has 98 valence electrons. The molecular formula is C13H17ClN2OS. The van der Waals surface area contributed by atoms with Gasteiger partial charge in [0.2, 0.25) is 0 Å². The van der Waals surface area contributed by atoms with Gasteiger partial charge in [0, 0.05) is 11.9 Å². The van der Waals surface area contributed by atoms with Gasteiger partial charge in [0.25, 0.3) is 0 Å². The van der Waals surface area contributed by atoms with Crippen molar-refractivity contribution in [3.8, 4) is 11.3 Å². The third-order valence-electron chi connectivity index (χ3n) is 2.87. The molecule has 2 aromatic rings. The average Bonchev–Trinajstić information content (AvgIpc) is 2.73. The van der Waals surface area contributed by atoms with Crippen molar-refractivity contribution in [2.75, 3.05) is 6.54 Å². The summed E-state index contributed by atoms with van der Waals surface area (Å²) in [5, 5.41) is 1.90. The van der Waals surface area contributed by atoms with Crippen molar-refractivity contribution in [3.63, 3.8) is 0 Å². The van der Waals surface area contributed by atoms with Gasteiger partial charge in [0.1, 0.15) is 0 Å². The van der Waals surface area contributed by atoms with E-state index in [2.05, 4.69) is 0 Å². The molecule has 5 heteroatoms. The molecule has 18 heavy (non-hydrogen) atoms. The minimum absolute atomic E-state index is 0. The van der Waals surface area contributed by atoms with E-state index in [4.69, 9.17) is 5.73 Å². The van der Waals surface area contributed by atoms with Crippen LogP contribution in [0.3, 0.4) is 0 Å². The Labute approximate surface area is 117 Å². The molecular weight excluding hydrogens is 268 g/mol. The maximum Gasteiger partial charge on any atom is 0.308 e. The lowest BCUT2D eigenvalue weighted by Crippen LogP contribution is -2.40. The Balaban J connectivity index is 0.00000162. The topological polar surface area (TPSA) is 48.0 Å². The number of hydrogen-bond acceptors (Lipinski definition) is 3.